The van der Waals surface area contributed by atoms with E-state index in [1.54, 1.807) is 0 Å². The Morgan fingerprint density at radius 3 is 2.36 bits per heavy atom. The number of ether oxygens (including phenoxy) is 1. The third kappa shape index (κ3) is 6.59. The Bertz CT molecular complexity index is 251. The van der Waals surface area contributed by atoms with E-state index >= 15 is 0 Å². The monoisotopic (exact) mass is 243 g/mol. The van der Waals surface area contributed by atoms with E-state index in [9.17, 15) is 8.42 Å². The first kappa shape index (κ1) is 14.2. The lowest BCUT2D eigenvalue weighted by Gasteiger charge is -2.21. The second kappa shape index (κ2) is 5.90. The van der Waals surface area contributed by atoms with Crippen LogP contribution in [0.2, 0.25) is 0 Å². The van der Waals surface area contributed by atoms with Crippen LogP contribution in [0, 0.1) is 0 Å². The van der Waals surface area contributed by atoms with Gasteiger partial charge in [-0.05, 0) is 32.0 Å². The van der Waals surface area contributed by atoms with E-state index in [0.717, 1.165) is 0 Å². The minimum absolute atomic E-state index is 0.0713. The Balaban J connectivity index is 4.00. The van der Waals surface area contributed by atoms with Crippen molar-refractivity contribution in [2.24, 2.45) is 0 Å². The minimum Gasteiger partial charge on any atom is -0.384 e. The first-order valence-corrected chi connectivity index (χ1v) is 6.60. The molecule has 0 atom stereocenters. The average Bonchev–Trinajstić information content (AvgIpc) is 2.12. The summed E-state index contributed by atoms with van der Waals surface area (Å²) in [5.74, 6) is 0.199. The number of rotatable bonds is 7. The molecule has 0 unspecified atom stereocenters. The molecule has 0 saturated carbocycles. The van der Waals surface area contributed by atoms with Gasteiger partial charge in [0.1, 0.15) is 0 Å². The summed E-state index contributed by atoms with van der Waals surface area (Å²) in [7, 11) is -1.52. The van der Waals surface area contributed by atoms with Crippen molar-refractivity contribution >= 4 is 21.6 Å². The van der Waals surface area contributed by atoms with Gasteiger partial charge < -0.3 is 4.74 Å². The van der Waals surface area contributed by atoms with Gasteiger partial charge in [0.25, 0.3) is 0 Å². The van der Waals surface area contributed by atoms with Gasteiger partial charge in [0.05, 0.1) is 18.1 Å². The molecule has 0 amide bonds. The molecule has 0 fully saturated rings. The number of hydrogen-bond donors (Lipinski definition) is 1. The smallest absolute Gasteiger partial charge is 0.152 e. The standard InChI is InChI=1S/C8H18ClNO3S/c1-8(2,10-9)4-6-14(11,12)7-5-13-3/h10H,4-7H2,1-3H3. The number of nitrogens with one attached hydrogen (secondary N) is 1. The van der Waals surface area contributed by atoms with Crippen LogP contribution in [0.3, 0.4) is 0 Å². The normalized spacial score (nSPS) is 13.1. The van der Waals surface area contributed by atoms with Crippen molar-refractivity contribution in [3.8, 4) is 0 Å². The van der Waals surface area contributed by atoms with Gasteiger partial charge in [-0.2, -0.15) is 0 Å². The molecule has 0 spiro atoms. The molecule has 14 heavy (non-hydrogen) atoms. The van der Waals surface area contributed by atoms with E-state index in [2.05, 4.69) is 4.84 Å². The van der Waals surface area contributed by atoms with E-state index in [-0.39, 0.29) is 23.7 Å². The average molecular weight is 244 g/mol. The molecule has 0 aliphatic carbocycles. The zero-order valence-electron chi connectivity index (χ0n) is 8.84. The molecule has 4 nitrogen and oxygen atoms in total. The molecular weight excluding hydrogens is 226 g/mol. The fourth-order valence-corrected chi connectivity index (χ4v) is 2.31. The number of halogens is 1. The van der Waals surface area contributed by atoms with Gasteiger partial charge in [0, 0.05) is 12.6 Å². The number of sulfone groups is 1. The van der Waals surface area contributed by atoms with Crippen LogP contribution in [-0.2, 0) is 14.6 Å². The van der Waals surface area contributed by atoms with Crippen LogP contribution < -0.4 is 4.84 Å². The fourth-order valence-electron chi connectivity index (χ4n) is 0.770. The Morgan fingerprint density at radius 1 is 1.36 bits per heavy atom. The van der Waals surface area contributed by atoms with Crippen molar-refractivity contribution in [1.82, 2.24) is 4.84 Å². The summed E-state index contributed by atoms with van der Waals surface area (Å²) in [6.07, 6.45) is 0.489. The van der Waals surface area contributed by atoms with Crippen molar-refractivity contribution in [3.63, 3.8) is 0 Å². The second-order valence-corrected chi connectivity index (χ2v) is 6.37. The summed E-state index contributed by atoms with van der Waals surface area (Å²) >= 11 is 5.46. The lowest BCUT2D eigenvalue weighted by atomic mass is 10.0. The van der Waals surface area contributed by atoms with Crippen molar-refractivity contribution in [1.29, 1.82) is 0 Å². The van der Waals surface area contributed by atoms with Gasteiger partial charge in [0.2, 0.25) is 0 Å². The van der Waals surface area contributed by atoms with E-state index < -0.39 is 9.84 Å². The maximum atomic E-state index is 11.4. The molecule has 0 aromatic carbocycles. The highest BCUT2D eigenvalue weighted by molar-refractivity contribution is 7.91. The molecule has 0 bridgehead atoms. The van der Waals surface area contributed by atoms with Gasteiger partial charge in [-0.3, -0.25) is 0 Å². The van der Waals surface area contributed by atoms with Crippen LogP contribution in [0.4, 0.5) is 0 Å². The van der Waals surface area contributed by atoms with Gasteiger partial charge in [0.15, 0.2) is 9.84 Å². The first-order valence-electron chi connectivity index (χ1n) is 4.40. The van der Waals surface area contributed by atoms with Crippen LogP contribution in [0.25, 0.3) is 0 Å². The largest absolute Gasteiger partial charge is 0.384 e. The van der Waals surface area contributed by atoms with Gasteiger partial charge in [-0.15, -0.1) is 0 Å². The predicted molar refractivity (Wildman–Crippen MR) is 58.2 cm³/mol. The van der Waals surface area contributed by atoms with Crippen LogP contribution in [0.15, 0.2) is 0 Å². The number of methoxy groups -OCH3 is 1. The van der Waals surface area contributed by atoms with Crippen LogP contribution in [0.1, 0.15) is 20.3 Å². The molecule has 86 valence electrons. The van der Waals surface area contributed by atoms with Crippen molar-refractivity contribution in [2.45, 2.75) is 25.8 Å². The van der Waals surface area contributed by atoms with E-state index in [1.807, 2.05) is 13.8 Å². The molecule has 1 N–H and O–H groups in total. The van der Waals surface area contributed by atoms with Crippen molar-refractivity contribution in [3.05, 3.63) is 0 Å². The third-order valence-electron chi connectivity index (χ3n) is 1.89. The SMILES string of the molecule is COCCS(=O)(=O)CCC(C)(C)NCl. The molecular formula is C8H18ClNO3S. The van der Waals surface area contributed by atoms with E-state index in [1.165, 1.54) is 7.11 Å². The second-order valence-electron chi connectivity index (χ2n) is 3.87. The summed E-state index contributed by atoms with van der Waals surface area (Å²) in [6, 6.07) is 0. The van der Waals surface area contributed by atoms with Gasteiger partial charge in [-0.1, -0.05) is 0 Å². The maximum Gasteiger partial charge on any atom is 0.152 e. The topological polar surface area (TPSA) is 55.4 Å². The predicted octanol–water partition coefficient (Wildman–Crippen LogP) is 0.960. The Kier molecular flexibility index (Phi) is 5.97. The fraction of sp³-hybridized carbons (Fsp3) is 1.00. The van der Waals surface area contributed by atoms with Crippen LogP contribution in [0.5, 0.6) is 0 Å². The van der Waals surface area contributed by atoms with Crippen LogP contribution >= 0.6 is 11.8 Å². The zero-order valence-corrected chi connectivity index (χ0v) is 10.4. The summed E-state index contributed by atoms with van der Waals surface area (Å²) in [5, 5.41) is 0. The molecule has 0 aliphatic rings. The lowest BCUT2D eigenvalue weighted by Crippen LogP contribution is -2.35. The minimum atomic E-state index is -3.01. The zero-order chi connectivity index (χ0) is 11.2. The Hall–Kier alpha value is 0.160. The van der Waals surface area contributed by atoms with Gasteiger partial charge >= 0.3 is 0 Å². The molecule has 6 heteroatoms. The summed E-state index contributed by atoms with van der Waals surface area (Å²) < 4.78 is 27.5. The Labute approximate surface area is 91.0 Å². The highest BCUT2D eigenvalue weighted by atomic mass is 35.5. The van der Waals surface area contributed by atoms with Gasteiger partial charge in [-0.25, -0.2) is 13.3 Å². The van der Waals surface area contributed by atoms with Crippen molar-refractivity contribution < 1.29 is 13.2 Å². The summed E-state index contributed by atoms with van der Waals surface area (Å²) in [5.41, 5.74) is -0.359. The van der Waals surface area contributed by atoms with Crippen molar-refractivity contribution in [2.75, 3.05) is 25.2 Å². The molecule has 0 saturated heterocycles. The summed E-state index contributed by atoms with van der Waals surface area (Å²) in [4.78, 5) is 2.55. The molecule has 0 radical (unpaired) electrons. The molecule has 0 aliphatic heterocycles. The maximum absolute atomic E-state index is 11.4. The molecule has 0 aromatic heterocycles. The van der Waals surface area contributed by atoms with E-state index in [4.69, 9.17) is 16.5 Å². The quantitative estimate of drug-likeness (QED) is 0.677. The van der Waals surface area contributed by atoms with E-state index in [0.29, 0.717) is 6.42 Å². The lowest BCUT2D eigenvalue weighted by molar-refractivity contribution is 0.217. The molecule has 0 aromatic rings. The molecule has 0 heterocycles. The third-order valence-corrected chi connectivity index (χ3v) is 4.02. The van der Waals surface area contributed by atoms with Crippen LogP contribution in [-0.4, -0.2) is 39.2 Å². The summed E-state index contributed by atoms with van der Waals surface area (Å²) in [6.45, 7) is 3.95. The Morgan fingerprint density at radius 2 is 1.93 bits per heavy atom. The highest BCUT2D eigenvalue weighted by Gasteiger charge is 2.20. The first-order chi connectivity index (χ1) is 6.33. The highest BCUT2D eigenvalue weighted by Crippen LogP contribution is 2.11. The number of hydrogen-bond acceptors (Lipinski definition) is 4. The molecule has 0 rings (SSSR count).